The van der Waals surface area contributed by atoms with Gasteiger partial charge in [-0.05, 0) is 33.8 Å². The predicted octanol–water partition coefficient (Wildman–Crippen LogP) is 2.73. The Balaban J connectivity index is 2.21. The fourth-order valence-electron chi connectivity index (χ4n) is 1.63. The van der Waals surface area contributed by atoms with E-state index < -0.39 is 5.25 Å². The Labute approximate surface area is 124 Å². The molecule has 2 aromatic heterocycles. The van der Waals surface area contributed by atoms with Crippen molar-refractivity contribution in [2.45, 2.75) is 44.2 Å². The number of aryl methyl sites for hydroxylation is 1. The maximum Gasteiger partial charge on any atom is 0.319 e. The smallest absolute Gasteiger partial charge is 0.319 e. The first-order chi connectivity index (χ1) is 9.36. The van der Waals surface area contributed by atoms with Crippen LogP contribution in [-0.2, 0) is 9.53 Å². The van der Waals surface area contributed by atoms with Crippen LogP contribution < -0.4 is 5.56 Å². The molecule has 0 aliphatic carbocycles. The third-order valence-electron chi connectivity index (χ3n) is 2.48. The third-order valence-corrected chi connectivity index (χ3v) is 4.38. The van der Waals surface area contributed by atoms with Gasteiger partial charge in [0.15, 0.2) is 5.16 Å². The molecule has 0 spiro atoms. The van der Waals surface area contributed by atoms with Crippen molar-refractivity contribution >= 4 is 39.3 Å². The van der Waals surface area contributed by atoms with Gasteiger partial charge in [-0.3, -0.25) is 9.59 Å². The minimum atomic E-state index is -0.418. The molecule has 0 aliphatic heterocycles. The van der Waals surface area contributed by atoms with E-state index >= 15 is 0 Å². The lowest BCUT2D eigenvalue weighted by Crippen LogP contribution is -2.21. The lowest BCUT2D eigenvalue weighted by molar-refractivity contribution is -0.146. The highest BCUT2D eigenvalue weighted by molar-refractivity contribution is 8.00. The van der Waals surface area contributed by atoms with Gasteiger partial charge in [-0.25, -0.2) is 4.98 Å². The number of thioether (sulfide) groups is 1. The molecule has 0 saturated carbocycles. The van der Waals surface area contributed by atoms with E-state index in [1.165, 1.54) is 23.1 Å². The Kier molecular flexibility index (Phi) is 4.49. The van der Waals surface area contributed by atoms with Crippen molar-refractivity contribution in [2.24, 2.45) is 0 Å². The van der Waals surface area contributed by atoms with Gasteiger partial charge in [0.2, 0.25) is 0 Å². The highest BCUT2D eigenvalue weighted by Gasteiger charge is 2.19. The predicted molar refractivity (Wildman–Crippen MR) is 81.5 cm³/mol. The van der Waals surface area contributed by atoms with E-state index in [0.29, 0.717) is 15.4 Å². The number of aromatic nitrogens is 2. The first-order valence-electron chi connectivity index (χ1n) is 6.24. The molecule has 0 amide bonds. The number of esters is 1. The molecule has 7 heteroatoms. The highest BCUT2D eigenvalue weighted by atomic mass is 32.2. The van der Waals surface area contributed by atoms with E-state index in [2.05, 4.69) is 9.97 Å². The molecule has 2 heterocycles. The van der Waals surface area contributed by atoms with Crippen molar-refractivity contribution < 1.29 is 9.53 Å². The summed E-state index contributed by atoms with van der Waals surface area (Å²) in [7, 11) is 0. The Hall–Kier alpha value is -1.34. The van der Waals surface area contributed by atoms with Gasteiger partial charge in [-0.15, -0.1) is 11.3 Å². The van der Waals surface area contributed by atoms with Crippen molar-refractivity contribution in [3.63, 3.8) is 0 Å². The van der Waals surface area contributed by atoms with Gasteiger partial charge < -0.3 is 9.72 Å². The lowest BCUT2D eigenvalue weighted by Gasteiger charge is -2.12. The van der Waals surface area contributed by atoms with Crippen LogP contribution in [0.4, 0.5) is 0 Å². The van der Waals surface area contributed by atoms with E-state index in [1.54, 1.807) is 20.8 Å². The van der Waals surface area contributed by atoms with Gasteiger partial charge in [0.25, 0.3) is 5.56 Å². The maximum absolute atomic E-state index is 11.9. The molecular formula is C13H16N2O3S2. The molecule has 1 N–H and O–H groups in total. The third kappa shape index (κ3) is 3.40. The summed E-state index contributed by atoms with van der Waals surface area (Å²) in [5.41, 5.74) is -0.175. The van der Waals surface area contributed by atoms with E-state index in [0.717, 1.165) is 4.88 Å². The van der Waals surface area contributed by atoms with Crippen molar-refractivity contribution in [3.8, 4) is 0 Å². The summed E-state index contributed by atoms with van der Waals surface area (Å²) in [4.78, 5) is 32.5. The summed E-state index contributed by atoms with van der Waals surface area (Å²) in [5, 5.41) is 0.617. The minimum absolute atomic E-state index is 0.153. The number of carbonyl (C=O) groups is 1. The highest BCUT2D eigenvalue weighted by Crippen LogP contribution is 2.25. The van der Waals surface area contributed by atoms with Gasteiger partial charge >= 0.3 is 5.97 Å². The largest absolute Gasteiger partial charge is 0.462 e. The molecule has 108 valence electrons. The van der Waals surface area contributed by atoms with Crippen LogP contribution in [0.25, 0.3) is 10.2 Å². The van der Waals surface area contributed by atoms with Crippen LogP contribution >= 0.6 is 23.1 Å². The Morgan fingerprint density at radius 3 is 2.80 bits per heavy atom. The lowest BCUT2D eigenvalue weighted by atomic mass is 10.4. The average Bonchev–Trinajstić information content (AvgIpc) is 2.69. The normalized spacial score (nSPS) is 12.8. The van der Waals surface area contributed by atoms with Crippen LogP contribution in [-0.4, -0.2) is 27.3 Å². The zero-order valence-corrected chi connectivity index (χ0v) is 13.4. The van der Waals surface area contributed by atoms with Gasteiger partial charge in [0.05, 0.1) is 11.5 Å². The summed E-state index contributed by atoms with van der Waals surface area (Å²) >= 11 is 2.66. The molecule has 0 radical (unpaired) electrons. The molecule has 1 unspecified atom stereocenters. The van der Waals surface area contributed by atoms with E-state index in [4.69, 9.17) is 4.74 Å². The van der Waals surface area contributed by atoms with Crippen LogP contribution in [0.5, 0.6) is 0 Å². The first-order valence-corrected chi connectivity index (χ1v) is 7.94. The quantitative estimate of drug-likeness (QED) is 0.534. The first kappa shape index (κ1) is 15.1. The topological polar surface area (TPSA) is 72.0 Å². The Bertz CT molecular complexity index is 690. The molecule has 0 saturated heterocycles. The Morgan fingerprint density at radius 1 is 1.45 bits per heavy atom. The summed E-state index contributed by atoms with van der Waals surface area (Å²) < 4.78 is 5.13. The molecule has 20 heavy (non-hydrogen) atoms. The number of aromatic amines is 1. The average molecular weight is 312 g/mol. The summed E-state index contributed by atoms with van der Waals surface area (Å²) in [6, 6.07) is 1.82. The van der Waals surface area contributed by atoms with Gasteiger partial charge in [0.1, 0.15) is 10.1 Å². The van der Waals surface area contributed by atoms with Gasteiger partial charge in [-0.1, -0.05) is 11.8 Å². The number of thiophene rings is 1. The minimum Gasteiger partial charge on any atom is -0.462 e. The van der Waals surface area contributed by atoms with Crippen molar-refractivity contribution in [2.75, 3.05) is 0 Å². The molecule has 0 fully saturated rings. The summed E-state index contributed by atoms with van der Waals surface area (Å²) in [6.07, 6.45) is -0.153. The molecule has 0 aliphatic rings. The summed E-state index contributed by atoms with van der Waals surface area (Å²) in [5.74, 6) is -0.310. The van der Waals surface area contributed by atoms with Crippen molar-refractivity contribution in [3.05, 3.63) is 21.3 Å². The van der Waals surface area contributed by atoms with Crippen LogP contribution in [0, 0.1) is 6.92 Å². The number of fused-ring (bicyclic) bond motifs is 1. The second-order valence-electron chi connectivity index (χ2n) is 4.69. The van der Waals surface area contributed by atoms with Crippen LogP contribution in [0.2, 0.25) is 0 Å². The number of hydrogen-bond acceptors (Lipinski definition) is 6. The molecule has 2 rings (SSSR count). The molecule has 1 atom stereocenters. The number of H-pyrrole nitrogens is 1. The second kappa shape index (κ2) is 5.97. The fraction of sp³-hybridized carbons (Fsp3) is 0.462. The number of nitrogens with zero attached hydrogens (tertiary/aromatic N) is 1. The zero-order chi connectivity index (χ0) is 14.9. The molecule has 0 aromatic carbocycles. The maximum atomic E-state index is 11.9. The SMILES string of the molecule is Cc1cc2c(=O)[nH]c(SC(C)C(=O)OC(C)C)nc2s1. The molecule has 2 aromatic rings. The molecular weight excluding hydrogens is 296 g/mol. The summed E-state index contributed by atoms with van der Waals surface area (Å²) in [6.45, 7) is 7.27. The van der Waals surface area contributed by atoms with E-state index in [9.17, 15) is 9.59 Å². The fourth-order valence-corrected chi connectivity index (χ4v) is 3.35. The van der Waals surface area contributed by atoms with E-state index in [-0.39, 0.29) is 17.6 Å². The number of carbonyl (C=O) groups excluding carboxylic acids is 1. The number of hydrogen-bond donors (Lipinski definition) is 1. The van der Waals surface area contributed by atoms with Crippen LogP contribution in [0.15, 0.2) is 16.0 Å². The zero-order valence-electron chi connectivity index (χ0n) is 11.7. The standard InChI is InChI=1S/C13H16N2O3S2/c1-6(2)18-12(17)8(4)20-13-14-10(16)9-5-7(3)19-11(9)15-13/h5-6,8H,1-4H3,(H,14,15,16). The van der Waals surface area contributed by atoms with Crippen LogP contribution in [0.1, 0.15) is 25.6 Å². The van der Waals surface area contributed by atoms with Crippen LogP contribution in [0.3, 0.4) is 0 Å². The Morgan fingerprint density at radius 2 is 2.15 bits per heavy atom. The van der Waals surface area contributed by atoms with E-state index in [1.807, 2.05) is 13.0 Å². The molecule has 5 nitrogen and oxygen atoms in total. The second-order valence-corrected chi connectivity index (χ2v) is 7.26. The number of rotatable bonds is 4. The molecule has 0 bridgehead atoms. The van der Waals surface area contributed by atoms with Crippen molar-refractivity contribution in [1.82, 2.24) is 9.97 Å². The van der Waals surface area contributed by atoms with Gasteiger partial charge in [0, 0.05) is 4.88 Å². The number of nitrogens with one attached hydrogen (secondary N) is 1. The van der Waals surface area contributed by atoms with Gasteiger partial charge in [-0.2, -0.15) is 0 Å². The number of ether oxygens (including phenoxy) is 1. The monoisotopic (exact) mass is 312 g/mol. The van der Waals surface area contributed by atoms with Crippen molar-refractivity contribution in [1.29, 1.82) is 0 Å².